The molecule has 0 aliphatic rings. The second kappa shape index (κ2) is 6.82. The summed E-state index contributed by atoms with van der Waals surface area (Å²) in [7, 11) is -3.59. The van der Waals surface area contributed by atoms with E-state index in [9.17, 15) is 13.2 Å². The molecule has 0 bridgehead atoms. The van der Waals surface area contributed by atoms with Crippen LogP contribution in [0.1, 0.15) is 27.2 Å². The highest BCUT2D eigenvalue weighted by atomic mass is 32.2. The molecule has 0 aromatic carbocycles. The second-order valence-corrected chi connectivity index (χ2v) is 5.53. The molecule has 0 amide bonds. The molecule has 0 heterocycles. The second-order valence-electron chi connectivity index (χ2n) is 3.66. The molecule has 0 unspecified atom stereocenters. The van der Waals surface area contributed by atoms with Gasteiger partial charge >= 0.3 is 5.97 Å². The number of aliphatic carboxylic acids is 1. The molecule has 0 radical (unpaired) electrons. The van der Waals surface area contributed by atoms with Crippen molar-refractivity contribution in [2.75, 3.05) is 12.4 Å². The van der Waals surface area contributed by atoms with Crippen molar-refractivity contribution in [3.05, 3.63) is 0 Å². The number of hydrogen-bond donors (Lipinski definition) is 2. The zero-order valence-electron chi connectivity index (χ0n) is 9.76. The van der Waals surface area contributed by atoms with Crippen molar-refractivity contribution >= 4 is 16.0 Å². The van der Waals surface area contributed by atoms with Crippen molar-refractivity contribution in [3.63, 3.8) is 0 Å². The van der Waals surface area contributed by atoms with Crippen LogP contribution in [0.25, 0.3) is 0 Å². The van der Waals surface area contributed by atoms with Crippen LogP contribution in [0.4, 0.5) is 0 Å². The van der Waals surface area contributed by atoms with Gasteiger partial charge < -0.3 is 9.84 Å². The molecule has 1 atom stereocenters. The molecule has 0 aromatic heterocycles. The van der Waals surface area contributed by atoms with Gasteiger partial charge in [-0.05, 0) is 20.3 Å². The average Bonchev–Trinajstić information content (AvgIpc) is 2.12. The summed E-state index contributed by atoms with van der Waals surface area (Å²) in [6.45, 7) is 5.26. The summed E-state index contributed by atoms with van der Waals surface area (Å²) in [5, 5.41) is 8.69. The van der Waals surface area contributed by atoms with Gasteiger partial charge in [0.05, 0.1) is 18.5 Å². The lowest BCUT2D eigenvalue weighted by atomic mass is 10.2. The fourth-order valence-electron chi connectivity index (χ4n) is 0.978. The highest BCUT2D eigenvalue weighted by Crippen LogP contribution is 1.97. The Labute approximate surface area is 96.0 Å². The topological polar surface area (TPSA) is 92.7 Å². The third-order valence-corrected chi connectivity index (χ3v) is 3.18. The quantitative estimate of drug-likeness (QED) is 0.644. The van der Waals surface area contributed by atoms with Gasteiger partial charge in [-0.2, -0.15) is 0 Å². The molecule has 96 valence electrons. The molecule has 0 saturated heterocycles. The van der Waals surface area contributed by atoms with E-state index in [-0.39, 0.29) is 24.9 Å². The van der Waals surface area contributed by atoms with Gasteiger partial charge in [-0.3, -0.25) is 4.79 Å². The van der Waals surface area contributed by atoms with E-state index in [1.165, 1.54) is 0 Å². The van der Waals surface area contributed by atoms with Crippen LogP contribution in [-0.2, 0) is 19.6 Å². The summed E-state index contributed by atoms with van der Waals surface area (Å²) in [4.78, 5) is 10.6. The number of ether oxygens (including phenoxy) is 1. The predicted molar refractivity (Wildman–Crippen MR) is 59.7 cm³/mol. The monoisotopic (exact) mass is 253 g/mol. The summed E-state index contributed by atoms with van der Waals surface area (Å²) in [5.41, 5.74) is 0. The normalized spacial score (nSPS) is 14.0. The van der Waals surface area contributed by atoms with Crippen molar-refractivity contribution in [1.29, 1.82) is 0 Å². The van der Waals surface area contributed by atoms with Crippen molar-refractivity contribution in [2.45, 2.75) is 39.3 Å². The van der Waals surface area contributed by atoms with Crippen LogP contribution in [0.15, 0.2) is 0 Å². The highest BCUT2D eigenvalue weighted by Gasteiger charge is 2.21. The Morgan fingerprint density at radius 2 is 2.00 bits per heavy atom. The first-order valence-corrected chi connectivity index (χ1v) is 6.78. The smallest absolute Gasteiger partial charge is 0.321 e. The maximum absolute atomic E-state index is 11.4. The summed E-state index contributed by atoms with van der Waals surface area (Å²) >= 11 is 0. The average molecular weight is 253 g/mol. The molecule has 16 heavy (non-hydrogen) atoms. The molecule has 0 aliphatic heterocycles. The number of rotatable bonds is 8. The first-order chi connectivity index (χ1) is 7.28. The van der Waals surface area contributed by atoms with Gasteiger partial charge in [0, 0.05) is 0 Å². The van der Waals surface area contributed by atoms with E-state index in [0.29, 0.717) is 0 Å². The molecule has 6 nitrogen and oxygen atoms in total. The van der Waals surface area contributed by atoms with Crippen LogP contribution in [0, 0.1) is 0 Å². The lowest BCUT2D eigenvalue weighted by molar-refractivity contribution is -0.139. The third kappa shape index (κ3) is 6.76. The van der Waals surface area contributed by atoms with Gasteiger partial charge in [0.2, 0.25) is 10.0 Å². The summed E-state index contributed by atoms with van der Waals surface area (Å²) in [6, 6.07) is -1.07. The minimum absolute atomic E-state index is 0.0448. The van der Waals surface area contributed by atoms with Gasteiger partial charge in [-0.1, -0.05) is 6.92 Å². The Bertz CT molecular complexity index is 312. The molecule has 0 spiro atoms. The summed E-state index contributed by atoms with van der Waals surface area (Å²) in [5.74, 6) is -1.40. The molecule has 0 aromatic rings. The standard InChI is InChI=1S/C9H19NO5S/c1-4-8(9(11)12)10-16(13,14)6-5-15-7(2)3/h7-8,10H,4-6H2,1-3H3,(H,11,12)/t8-/m0/s1. The molecule has 2 N–H and O–H groups in total. The number of sulfonamides is 1. The van der Waals surface area contributed by atoms with Crippen LogP contribution in [0.3, 0.4) is 0 Å². The third-order valence-electron chi connectivity index (χ3n) is 1.83. The van der Waals surface area contributed by atoms with Crippen molar-refractivity contribution in [2.24, 2.45) is 0 Å². The number of carboxylic acid groups (broad SMARTS) is 1. The Balaban J connectivity index is 4.18. The molecule has 0 saturated carbocycles. The molecule has 0 rings (SSSR count). The Morgan fingerprint density at radius 3 is 2.38 bits per heavy atom. The van der Waals surface area contributed by atoms with Crippen molar-refractivity contribution < 1.29 is 23.1 Å². The Morgan fingerprint density at radius 1 is 1.44 bits per heavy atom. The molecular weight excluding hydrogens is 234 g/mol. The highest BCUT2D eigenvalue weighted by molar-refractivity contribution is 7.89. The fourth-order valence-corrected chi connectivity index (χ4v) is 2.11. The van der Waals surface area contributed by atoms with E-state index in [4.69, 9.17) is 9.84 Å². The van der Waals surface area contributed by atoms with Gasteiger partial charge in [0.1, 0.15) is 6.04 Å². The minimum Gasteiger partial charge on any atom is -0.480 e. The number of hydrogen-bond acceptors (Lipinski definition) is 4. The predicted octanol–water partition coefficient (Wildman–Crippen LogP) is 0.194. The minimum atomic E-state index is -3.59. The van der Waals surface area contributed by atoms with Gasteiger partial charge in [-0.15, -0.1) is 0 Å². The lowest BCUT2D eigenvalue weighted by Gasteiger charge is -2.13. The van der Waals surface area contributed by atoms with Crippen LogP contribution in [0.2, 0.25) is 0 Å². The van der Waals surface area contributed by atoms with E-state index in [0.717, 1.165) is 0 Å². The SMILES string of the molecule is CC[C@H](NS(=O)(=O)CCOC(C)C)C(=O)O. The van der Waals surface area contributed by atoms with Gasteiger partial charge in [0.25, 0.3) is 0 Å². The Kier molecular flexibility index (Phi) is 6.54. The van der Waals surface area contributed by atoms with Crippen LogP contribution in [-0.4, -0.2) is 44.0 Å². The molecule has 0 fully saturated rings. The molecular formula is C9H19NO5S. The van der Waals surface area contributed by atoms with Gasteiger partial charge in [-0.25, -0.2) is 13.1 Å². The van der Waals surface area contributed by atoms with Crippen LogP contribution >= 0.6 is 0 Å². The van der Waals surface area contributed by atoms with Crippen molar-refractivity contribution in [1.82, 2.24) is 4.72 Å². The lowest BCUT2D eigenvalue weighted by Crippen LogP contribution is -2.42. The Hall–Kier alpha value is -0.660. The molecule has 0 aliphatic carbocycles. The van der Waals surface area contributed by atoms with Crippen molar-refractivity contribution in [3.8, 4) is 0 Å². The zero-order valence-corrected chi connectivity index (χ0v) is 10.6. The molecule has 7 heteroatoms. The summed E-state index contributed by atoms with van der Waals surface area (Å²) < 4.78 is 30.1. The van der Waals surface area contributed by atoms with E-state index in [1.54, 1.807) is 20.8 Å². The zero-order chi connectivity index (χ0) is 12.8. The van der Waals surface area contributed by atoms with E-state index in [2.05, 4.69) is 4.72 Å². The number of nitrogens with one attached hydrogen (secondary N) is 1. The van der Waals surface area contributed by atoms with E-state index in [1.807, 2.05) is 0 Å². The fraction of sp³-hybridized carbons (Fsp3) is 0.889. The summed E-state index contributed by atoms with van der Waals surface area (Å²) in [6.07, 6.45) is 0.163. The number of carbonyl (C=O) groups is 1. The largest absolute Gasteiger partial charge is 0.480 e. The maximum atomic E-state index is 11.4. The maximum Gasteiger partial charge on any atom is 0.321 e. The van der Waals surface area contributed by atoms with Gasteiger partial charge in [0.15, 0.2) is 0 Å². The van der Waals surface area contributed by atoms with Crippen LogP contribution < -0.4 is 4.72 Å². The first-order valence-electron chi connectivity index (χ1n) is 5.13. The first kappa shape index (κ1) is 15.3. The van der Waals surface area contributed by atoms with E-state index < -0.39 is 22.0 Å². The number of carboxylic acids is 1. The van der Waals surface area contributed by atoms with E-state index >= 15 is 0 Å². The van der Waals surface area contributed by atoms with Crippen LogP contribution in [0.5, 0.6) is 0 Å².